The van der Waals surface area contributed by atoms with Gasteiger partial charge in [-0.3, -0.25) is 19.6 Å². The van der Waals surface area contributed by atoms with E-state index in [0.717, 1.165) is 22.3 Å². The lowest BCUT2D eigenvalue weighted by molar-refractivity contribution is 0.0809. The topological polar surface area (TPSA) is 139 Å². The highest BCUT2D eigenvalue weighted by Gasteiger charge is 2.35. The average Bonchev–Trinajstić information content (AvgIpc) is 3.75. The molecule has 11 nitrogen and oxygen atoms in total. The van der Waals surface area contributed by atoms with Crippen LogP contribution in [0.3, 0.4) is 0 Å². The summed E-state index contributed by atoms with van der Waals surface area (Å²) in [5, 5.41) is 10.2. The second-order valence-electron chi connectivity index (χ2n) is 13.5. The first-order valence-corrected chi connectivity index (χ1v) is 17.6. The summed E-state index contributed by atoms with van der Waals surface area (Å²) < 4.78 is 17.8. The van der Waals surface area contributed by atoms with Crippen molar-refractivity contribution < 1.29 is 28.9 Å². The first-order chi connectivity index (χ1) is 25.8. The molecule has 2 amide bonds. The Hall–Kier alpha value is -6.20. The lowest BCUT2D eigenvalue weighted by atomic mass is 10.0. The smallest absolute Gasteiger partial charge is 0.260 e. The molecule has 4 aromatic rings. The molecule has 11 heteroatoms. The molecule has 4 aliphatic heterocycles. The zero-order chi connectivity index (χ0) is 36.6. The molecule has 0 saturated carbocycles. The van der Waals surface area contributed by atoms with E-state index >= 15 is 0 Å². The third-order valence-electron chi connectivity index (χ3n) is 10.0. The van der Waals surface area contributed by atoms with Crippen molar-refractivity contribution in [3.05, 3.63) is 119 Å². The number of nitrogens with zero attached hydrogens (tertiary/aromatic N) is 4. The number of aliphatic imine (C=N–C) groups is 2. The maximum absolute atomic E-state index is 13.7. The van der Waals surface area contributed by atoms with E-state index in [2.05, 4.69) is 34.3 Å². The van der Waals surface area contributed by atoms with Gasteiger partial charge in [0.25, 0.3) is 11.8 Å². The summed E-state index contributed by atoms with van der Waals surface area (Å²) in [6.07, 6.45) is 9.22. The molecule has 0 unspecified atom stereocenters. The van der Waals surface area contributed by atoms with Gasteiger partial charge in [-0.2, -0.15) is 0 Å². The zero-order valence-corrected chi connectivity index (χ0v) is 29.5. The monoisotopic (exact) mass is 709 g/mol. The van der Waals surface area contributed by atoms with Crippen LogP contribution in [0.25, 0.3) is 11.1 Å². The highest BCUT2D eigenvalue weighted by molar-refractivity contribution is 6.06. The number of nitrogens with two attached hydrogens (primary N) is 1. The van der Waals surface area contributed by atoms with Crippen LogP contribution in [0.4, 0.5) is 17.1 Å². The van der Waals surface area contributed by atoms with E-state index in [1.807, 2.05) is 49.8 Å². The van der Waals surface area contributed by atoms with Crippen LogP contribution in [0.2, 0.25) is 0 Å². The maximum Gasteiger partial charge on any atom is 0.260 e. The number of rotatable bonds is 10. The lowest BCUT2D eigenvalue weighted by Crippen LogP contribution is -2.32. The van der Waals surface area contributed by atoms with Crippen LogP contribution in [0.5, 0.6) is 17.2 Å². The van der Waals surface area contributed by atoms with Gasteiger partial charge >= 0.3 is 0 Å². The number of ether oxygens (including phenoxy) is 3. The predicted molar refractivity (Wildman–Crippen MR) is 204 cm³/mol. The fourth-order valence-electron chi connectivity index (χ4n) is 7.08. The van der Waals surface area contributed by atoms with Gasteiger partial charge < -0.3 is 34.9 Å². The highest BCUT2D eigenvalue weighted by Crippen LogP contribution is 2.41. The van der Waals surface area contributed by atoms with Crippen LogP contribution < -0.4 is 19.9 Å². The minimum atomic E-state index is -0.299. The molecule has 4 aliphatic rings. The molecule has 0 bridgehead atoms. The van der Waals surface area contributed by atoms with Crippen molar-refractivity contribution in [3.8, 4) is 17.2 Å². The molecule has 53 heavy (non-hydrogen) atoms. The first-order valence-electron chi connectivity index (χ1n) is 17.6. The SMILES string of the molecule is COc1cc2c(cc1OCCCOc1cc3c(cc1CO)C(=O)N1C=C(c4ccc(C)cc4)C[C@H]1C=N3)N=C[C@@H]1CC(c3ccc(N)cc3)=CN1C2=O. The van der Waals surface area contributed by atoms with Crippen LogP contribution in [-0.4, -0.2) is 71.6 Å². The van der Waals surface area contributed by atoms with E-state index in [-0.39, 0.29) is 43.7 Å². The number of amides is 2. The Bertz CT molecular complexity index is 2070. The Balaban J connectivity index is 0.913. The van der Waals surface area contributed by atoms with Gasteiger partial charge in [0, 0.05) is 67.5 Å². The van der Waals surface area contributed by atoms with Crippen molar-refractivity contribution in [1.29, 1.82) is 0 Å². The van der Waals surface area contributed by atoms with Crippen LogP contribution >= 0.6 is 0 Å². The second-order valence-corrected chi connectivity index (χ2v) is 13.5. The number of methoxy groups -OCH3 is 1. The van der Waals surface area contributed by atoms with E-state index in [1.165, 1.54) is 12.7 Å². The third-order valence-corrected chi connectivity index (χ3v) is 10.0. The minimum absolute atomic E-state index is 0.165. The minimum Gasteiger partial charge on any atom is -0.493 e. The standard InChI is InChI=1S/C42H39N5O6/c1-25-4-6-26(7-5-25)28-14-32-20-44-36-18-38(30(24-48)16-34(36)41(49)46(32)22-28)52-12-3-13-53-40-19-37-35(17-39(40)51-2)42(50)47-23-29(15-33(47)21-45-37)27-8-10-31(43)11-9-27/h4-11,16-23,32-33,48H,3,12-15,24,43H2,1-2H3/t32-,33-/m0/s1. The molecule has 0 aromatic heterocycles. The van der Waals surface area contributed by atoms with Gasteiger partial charge in [0.15, 0.2) is 11.5 Å². The number of aliphatic hydroxyl groups excluding tert-OH is 1. The molecule has 3 N–H and O–H groups in total. The average molecular weight is 710 g/mol. The van der Waals surface area contributed by atoms with Gasteiger partial charge in [-0.05, 0) is 53.5 Å². The third kappa shape index (κ3) is 6.55. The van der Waals surface area contributed by atoms with E-state index in [1.54, 1.807) is 40.3 Å². The Kier molecular flexibility index (Phi) is 9.01. The molecule has 0 fully saturated rings. The maximum atomic E-state index is 13.7. The summed E-state index contributed by atoms with van der Waals surface area (Å²) in [6.45, 7) is 2.32. The molecule has 0 saturated heterocycles. The molecule has 0 aliphatic carbocycles. The Morgan fingerprint density at radius 2 is 1.26 bits per heavy atom. The fraction of sp³-hybridized carbons (Fsp3) is 0.238. The molecule has 8 rings (SSSR count). The number of aryl methyl sites for hydroxylation is 1. The summed E-state index contributed by atoms with van der Waals surface area (Å²) in [5.41, 5.74) is 14.3. The lowest BCUT2D eigenvalue weighted by Gasteiger charge is -2.19. The van der Waals surface area contributed by atoms with Crippen molar-refractivity contribution in [2.24, 2.45) is 9.98 Å². The van der Waals surface area contributed by atoms with E-state index in [4.69, 9.17) is 19.9 Å². The Labute approximate surface area is 307 Å². The molecule has 4 heterocycles. The number of carbonyl (C=O) groups excluding carboxylic acids is 2. The predicted octanol–water partition coefficient (Wildman–Crippen LogP) is 6.87. The summed E-state index contributed by atoms with van der Waals surface area (Å²) in [6, 6.07) is 22.3. The summed E-state index contributed by atoms with van der Waals surface area (Å²) in [5.74, 6) is 1.01. The van der Waals surface area contributed by atoms with Crippen LogP contribution in [-0.2, 0) is 6.61 Å². The van der Waals surface area contributed by atoms with Crippen molar-refractivity contribution >= 4 is 52.5 Å². The number of fused-ring (bicyclic) bond motifs is 4. The molecule has 0 spiro atoms. The van der Waals surface area contributed by atoms with Crippen molar-refractivity contribution in [2.75, 3.05) is 26.1 Å². The zero-order valence-electron chi connectivity index (χ0n) is 29.5. The summed E-state index contributed by atoms with van der Waals surface area (Å²) in [7, 11) is 1.53. The van der Waals surface area contributed by atoms with Crippen LogP contribution in [0.1, 0.15) is 62.2 Å². The number of carbonyl (C=O) groups is 2. The molecule has 2 atom stereocenters. The number of benzene rings is 4. The summed E-state index contributed by atoms with van der Waals surface area (Å²) >= 11 is 0. The quantitative estimate of drug-likeness (QED) is 0.135. The molecular weight excluding hydrogens is 670 g/mol. The van der Waals surface area contributed by atoms with Crippen LogP contribution in [0, 0.1) is 6.92 Å². The molecule has 0 radical (unpaired) electrons. The first kappa shape index (κ1) is 33.9. The number of aliphatic hydroxyl groups is 1. The van der Waals surface area contributed by atoms with Crippen molar-refractivity contribution in [3.63, 3.8) is 0 Å². The number of anilines is 1. The van der Waals surface area contributed by atoms with Crippen molar-refractivity contribution in [1.82, 2.24) is 9.80 Å². The largest absolute Gasteiger partial charge is 0.493 e. The highest BCUT2D eigenvalue weighted by atomic mass is 16.5. The van der Waals surface area contributed by atoms with Gasteiger partial charge in [-0.15, -0.1) is 0 Å². The molecule has 4 aromatic carbocycles. The number of hydrogen-bond acceptors (Lipinski definition) is 9. The van der Waals surface area contributed by atoms with Gasteiger partial charge in [0.2, 0.25) is 0 Å². The van der Waals surface area contributed by atoms with Gasteiger partial charge in [-0.25, -0.2) is 0 Å². The molecule has 268 valence electrons. The van der Waals surface area contributed by atoms with Crippen molar-refractivity contribution in [2.45, 2.75) is 44.9 Å². The normalized spacial score (nSPS) is 18.4. The number of hydrogen-bond donors (Lipinski definition) is 2. The van der Waals surface area contributed by atoms with E-state index < -0.39 is 0 Å². The van der Waals surface area contributed by atoms with Gasteiger partial charge in [-0.1, -0.05) is 42.0 Å². The van der Waals surface area contributed by atoms with E-state index in [9.17, 15) is 14.7 Å². The summed E-state index contributed by atoms with van der Waals surface area (Å²) in [4.78, 5) is 40.2. The molecular formula is C42H39N5O6. The fourth-order valence-corrected chi connectivity index (χ4v) is 7.08. The number of nitrogen functional groups attached to an aromatic ring is 1. The van der Waals surface area contributed by atoms with Gasteiger partial charge in [0.1, 0.15) is 5.75 Å². The Morgan fingerprint density at radius 1 is 0.736 bits per heavy atom. The van der Waals surface area contributed by atoms with Gasteiger partial charge in [0.05, 0.1) is 61.5 Å². The second kappa shape index (κ2) is 14.1. The van der Waals surface area contributed by atoms with E-state index in [0.29, 0.717) is 70.3 Å². The Morgan fingerprint density at radius 3 is 1.83 bits per heavy atom. The van der Waals surface area contributed by atoms with Crippen LogP contribution in [0.15, 0.2) is 95.2 Å².